The molecule has 5 heteroatoms. The molecule has 1 saturated carbocycles. The van der Waals surface area contributed by atoms with Crippen LogP contribution in [0.25, 0.3) is 0 Å². The van der Waals surface area contributed by atoms with Crippen LogP contribution in [0.5, 0.6) is 5.75 Å². The van der Waals surface area contributed by atoms with Gasteiger partial charge < -0.3 is 20.5 Å². The van der Waals surface area contributed by atoms with E-state index < -0.39 is 0 Å². The minimum absolute atomic E-state index is 0.158. The fourth-order valence-corrected chi connectivity index (χ4v) is 2.42. The fraction of sp³-hybridized carbons (Fsp3) is 0.533. The molecule has 1 aromatic rings. The number of aliphatic hydroxyl groups excluding tert-OH is 1. The maximum atomic E-state index is 11.8. The molecule has 0 aliphatic heterocycles. The van der Waals surface area contributed by atoms with E-state index in [0.717, 1.165) is 37.0 Å². The molecule has 1 aliphatic carbocycles. The second-order valence-corrected chi connectivity index (χ2v) is 5.18. The summed E-state index contributed by atoms with van der Waals surface area (Å²) in [5.41, 5.74) is 0.999. The SMILES string of the molecule is COc1cccc(CNC(=O)NC2CCC(O)CC2)c1. The topological polar surface area (TPSA) is 70.6 Å². The Bertz CT molecular complexity index is 442. The zero-order valence-electron chi connectivity index (χ0n) is 11.8. The van der Waals surface area contributed by atoms with Crippen molar-refractivity contribution in [3.8, 4) is 5.75 Å². The van der Waals surface area contributed by atoms with E-state index >= 15 is 0 Å². The van der Waals surface area contributed by atoms with Crippen LogP contribution in [0.2, 0.25) is 0 Å². The van der Waals surface area contributed by atoms with Crippen molar-refractivity contribution in [3.05, 3.63) is 29.8 Å². The zero-order valence-corrected chi connectivity index (χ0v) is 11.8. The van der Waals surface area contributed by atoms with Crippen LogP contribution in [0.3, 0.4) is 0 Å². The van der Waals surface area contributed by atoms with E-state index in [1.807, 2.05) is 24.3 Å². The first-order valence-corrected chi connectivity index (χ1v) is 7.02. The minimum atomic E-state index is -0.201. The van der Waals surface area contributed by atoms with Gasteiger partial charge in [-0.1, -0.05) is 12.1 Å². The standard InChI is InChI=1S/C15H22N2O3/c1-20-14-4-2-3-11(9-14)10-16-15(19)17-12-5-7-13(18)8-6-12/h2-4,9,12-13,18H,5-8,10H2,1H3,(H2,16,17,19). The van der Waals surface area contributed by atoms with Crippen molar-refractivity contribution in [1.82, 2.24) is 10.6 Å². The lowest BCUT2D eigenvalue weighted by Gasteiger charge is -2.26. The van der Waals surface area contributed by atoms with Crippen LogP contribution in [-0.2, 0) is 6.54 Å². The number of carbonyl (C=O) groups excluding carboxylic acids is 1. The van der Waals surface area contributed by atoms with Gasteiger partial charge in [-0.25, -0.2) is 4.79 Å². The van der Waals surface area contributed by atoms with Gasteiger partial charge in [0.2, 0.25) is 0 Å². The highest BCUT2D eigenvalue weighted by atomic mass is 16.5. The van der Waals surface area contributed by atoms with E-state index in [-0.39, 0.29) is 18.2 Å². The summed E-state index contributed by atoms with van der Waals surface area (Å²) in [5, 5.41) is 15.2. The largest absolute Gasteiger partial charge is 0.497 e. The molecule has 0 atom stereocenters. The molecule has 2 amide bonds. The molecular weight excluding hydrogens is 256 g/mol. The number of nitrogens with one attached hydrogen (secondary N) is 2. The first-order chi connectivity index (χ1) is 9.67. The lowest BCUT2D eigenvalue weighted by atomic mass is 9.93. The Morgan fingerprint density at radius 2 is 2.10 bits per heavy atom. The summed E-state index contributed by atoms with van der Waals surface area (Å²) < 4.78 is 5.14. The molecule has 0 saturated heterocycles. The van der Waals surface area contributed by atoms with Gasteiger partial charge in [0.25, 0.3) is 0 Å². The molecular formula is C15H22N2O3. The Balaban J connectivity index is 1.74. The van der Waals surface area contributed by atoms with Crippen LogP contribution in [0.4, 0.5) is 4.79 Å². The Morgan fingerprint density at radius 1 is 1.35 bits per heavy atom. The number of urea groups is 1. The molecule has 0 radical (unpaired) electrons. The lowest BCUT2D eigenvalue weighted by molar-refractivity contribution is 0.117. The van der Waals surface area contributed by atoms with Gasteiger partial charge in [0, 0.05) is 12.6 Å². The third kappa shape index (κ3) is 4.42. The number of carbonyl (C=O) groups is 1. The second-order valence-electron chi connectivity index (χ2n) is 5.18. The van der Waals surface area contributed by atoms with E-state index in [0.29, 0.717) is 6.54 Å². The average molecular weight is 278 g/mol. The maximum absolute atomic E-state index is 11.8. The van der Waals surface area contributed by atoms with E-state index in [2.05, 4.69) is 10.6 Å². The number of ether oxygens (including phenoxy) is 1. The second kappa shape index (κ2) is 7.14. The van der Waals surface area contributed by atoms with Crippen LogP contribution in [-0.4, -0.2) is 30.4 Å². The fourth-order valence-electron chi connectivity index (χ4n) is 2.42. The Labute approximate surface area is 119 Å². The summed E-state index contributed by atoms with van der Waals surface area (Å²) in [7, 11) is 1.62. The van der Waals surface area contributed by atoms with Gasteiger partial charge in [0.05, 0.1) is 13.2 Å². The first kappa shape index (κ1) is 14.7. The van der Waals surface area contributed by atoms with Gasteiger partial charge >= 0.3 is 6.03 Å². The van der Waals surface area contributed by atoms with Crippen molar-refractivity contribution in [2.45, 2.75) is 44.4 Å². The Hall–Kier alpha value is -1.75. The number of methoxy groups -OCH3 is 1. The molecule has 0 aromatic heterocycles. The number of hydrogen-bond acceptors (Lipinski definition) is 3. The van der Waals surface area contributed by atoms with Crippen molar-refractivity contribution in [2.24, 2.45) is 0 Å². The van der Waals surface area contributed by atoms with E-state index in [4.69, 9.17) is 4.74 Å². The van der Waals surface area contributed by atoms with Gasteiger partial charge in [0.1, 0.15) is 5.75 Å². The van der Waals surface area contributed by atoms with Crippen molar-refractivity contribution in [3.63, 3.8) is 0 Å². The summed E-state index contributed by atoms with van der Waals surface area (Å²) in [6, 6.07) is 7.63. The monoisotopic (exact) mass is 278 g/mol. The molecule has 20 heavy (non-hydrogen) atoms. The number of benzene rings is 1. The van der Waals surface area contributed by atoms with E-state index in [1.165, 1.54) is 0 Å². The minimum Gasteiger partial charge on any atom is -0.497 e. The summed E-state index contributed by atoms with van der Waals surface area (Å²) in [6.07, 6.45) is 3.01. The van der Waals surface area contributed by atoms with Crippen LogP contribution >= 0.6 is 0 Å². The number of hydrogen-bond donors (Lipinski definition) is 3. The van der Waals surface area contributed by atoms with E-state index in [9.17, 15) is 9.90 Å². The predicted octanol–water partition coefficient (Wildman–Crippen LogP) is 1.80. The summed E-state index contributed by atoms with van der Waals surface area (Å²) >= 11 is 0. The zero-order chi connectivity index (χ0) is 14.4. The summed E-state index contributed by atoms with van der Waals surface area (Å²) in [6.45, 7) is 0.471. The van der Waals surface area contributed by atoms with Crippen LogP contribution in [0.15, 0.2) is 24.3 Å². The Kier molecular flexibility index (Phi) is 5.24. The van der Waals surface area contributed by atoms with Crippen molar-refractivity contribution < 1.29 is 14.6 Å². The van der Waals surface area contributed by atoms with Crippen LogP contribution in [0.1, 0.15) is 31.2 Å². The molecule has 5 nitrogen and oxygen atoms in total. The summed E-state index contributed by atoms with van der Waals surface area (Å²) in [5.74, 6) is 0.783. The molecule has 0 heterocycles. The molecule has 0 bridgehead atoms. The van der Waals surface area contributed by atoms with E-state index in [1.54, 1.807) is 7.11 Å². The molecule has 0 unspecified atom stereocenters. The maximum Gasteiger partial charge on any atom is 0.315 e. The normalized spacial score (nSPS) is 22.1. The predicted molar refractivity (Wildman–Crippen MR) is 76.6 cm³/mol. The van der Waals surface area contributed by atoms with Crippen LogP contribution < -0.4 is 15.4 Å². The average Bonchev–Trinajstić information content (AvgIpc) is 2.48. The summed E-state index contributed by atoms with van der Waals surface area (Å²) in [4.78, 5) is 11.8. The third-order valence-electron chi connectivity index (χ3n) is 3.62. The highest BCUT2D eigenvalue weighted by Gasteiger charge is 2.20. The molecule has 1 fully saturated rings. The molecule has 2 rings (SSSR count). The molecule has 1 aliphatic rings. The van der Waals surface area contributed by atoms with Crippen molar-refractivity contribution in [1.29, 1.82) is 0 Å². The lowest BCUT2D eigenvalue weighted by Crippen LogP contribution is -2.43. The number of aliphatic hydroxyl groups is 1. The molecule has 110 valence electrons. The first-order valence-electron chi connectivity index (χ1n) is 7.02. The molecule has 1 aromatic carbocycles. The van der Waals surface area contributed by atoms with Gasteiger partial charge in [-0.3, -0.25) is 0 Å². The molecule has 3 N–H and O–H groups in total. The van der Waals surface area contributed by atoms with Crippen LogP contribution in [0, 0.1) is 0 Å². The smallest absolute Gasteiger partial charge is 0.315 e. The highest BCUT2D eigenvalue weighted by Crippen LogP contribution is 2.18. The number of rotatable bonds is 4. The van der Waals surface area contributed by atoms with Crippen molar-refractivity contribution in [2.75, 3.05) is 7.11 Å². The highest BCUT2D eigenvalue weighted by molar-refractivity contribution is 5.74. The Morgan fingerprint density at radius 3 is 2.80 bits per heavy atom. The molecule has 0 spiro atoms. The van der Waals surface area contributed by atoms with Gasteiger partial charge in [0.15, 0.2) is 0 Å². The third-order valence-corrected chi connectivity index (χ3v) is 3.62. The van der Waals surface area contributed by atoms with Crippen molar-refractivity contribution >= 4 is 6.03 Å². The van der Waals surface area contributed by atoms with Gasteiger partial charge in [-0.15, -0.1) is 0 Å². The van der Waals surface area contributed by atoms with Gasteiger partial charge in [-0.05, 0) is 43.4 Å². The number of amides is 2. The van der Waals surface area contributed by atoms with Gasteiger partial charge in [-0.2, -0.15) is 0 Å². The quantitative estimate of drug-likeness (QED) is 0.786.